The van der Waals surface area contributed by atoms with Crippen molar-refractivity contribution >= 4 is 33.3 Å². The molecule has 1 saturated carbocycles. The summed E-state index contributed by atoms with van der Waals surface area (Å²) < 4.78 is 6.95. The maximum atomic E-state index is 13.0. The van der Waals surface area contributed by atoms with E-state index < -0.39 is 0 Å². The molecular weight excluding hydrogens is 342 g/mol. The molecule has 124 valence electrons. The molecule has 0 aliphatic heterocycles. The summed E-state index contributed by atoms with van der Waals surface area (Å²) >= 11 is 3.06. The van der Waals surface area contributed by atoms with E-state index in [1.807, 2.05) is 13.0 Å². The van der Waals surface area contributed by atoms with Crippen LogP contribution in [0.25, 0.3) is 10.2 Å². The number of thiophene rings is 1. The highest BCUT2D eigenvalue weighted by Crippen LogP contribution is 2.44. The summed E-state index contributed by atoms with van der Waals surface area (Å²) in [6.07, 6.45) is 4.09. The van der Waals surface area contributed by atoms with E-state index in [1.165, 1.54) is 30.2 Å². The van der Waals surface area contributed by atoms with Gasteiger partial charge in [-0.05, 0) is 36.6 Å². The topological polar surface area (TPSA) is 60.9 Å². The van der Waals surface area contributed by atoms with E-state index in [-0.39, 0.29) is 5.56 Å². The summed E-state index contributed by atoms with van der Waals surface area (Å²) in [4.78, 5) is 18.6. The lowest BCUT2D eigenvalue weighted by Gasteiger charge is -2.09. The number of allylic oxidation sites excluding steroid dienone is 1. The van der Waals surface area contributed by atoms with Gasteiger partial charge in [-0.1, -0.05) is 23.0 Å². The minimum absolute atomic E-state index is 0.0410. The first kappa shape index (κ1) is 15.7. The predicted octanol–water partition coefficient (Wildman–Crippen LogP) is 4.11. The Morgan fingerprint density at radius 1 is 1.54 bits per heavy atom. The zero-order valence-corrected chi connectivity index (χ0v) is 15.0. The molecule has 0 saturated heterocycles. The van der Waals surface area contributed by atoms with Gasteiger partial charge in [0.05, 0.1) is 16.8 Å². The molecule has 0 spiro atoms. The van der Waals surface area contributed by atoms with Crippen LogP contribution in [0.1, 0.15) is 35.8 Å². The van der Waals surface area contributed by atoms with Crippen molar-refractivity contribution < 1.29 is 4.52 Å². The lowest BCUT2D eigenvalue weighted by Crippen LogP contribution is -2.22. The van der Waals surface area contributed by atoms with Crippen molar-refractivity contribution in [1.29, 1.82) is 0 Å². The Balaban J connectivity index is 1.74. The van der Waals surface area contributed by atoms with E-state index in [0.717, 1.165) is 21.7 Å². The SMILES string of the molecule is C=CCn1c(SCc2cc(C)no2)nc2scc(C3CC3)c2c1=O. The molecule has 3 aromatic heterocycles. The number of thioether (sulfide) groups is 1. The third-order valence-corrected chi connectivity index (χ3v) is 5.93. The van der Waals surface area contributed by atoms with Crippen molar-refractivity contribution in [2.24, 2.45) is 0 Å². The second-order valence-corrected chi connectivity index (χ2v) is 7.77. The van der Waals surface area contributed by atoms with Gasteiger partial charge < -0.3 is 4.52 Å². The van der Waals surface area contributed by atoms with Crippen LogP contribution in [0.5, 0.6) is 0 Å². The van der Waals surface area contributed by atoms with E-state index in [4.69, 9.17) is 9.51 Å². The van der Waals surface area contributed by atoms with Gasteiger partial charge in [0.25, 0.3) is 5.56 Å². The molecule has 7 heteroatoms. The van der Waals surface area contributed by atoms with Crippen molar-refractivity contribution in [3.8, 4) is 0 Å². The number of hydrogen-bond donors (Lipinski definition) is 0. The average molecular weight is 359 g/mol. The first-order valence-electron chi connectivity index (χ1n) is 7.85. The Morgan fingerprint density at radius 3 is 3.04 bits per heavy atom. The van der Waals surface area contributed by atoms with Crippen LogP contribution in [0.2, 0.25) is 0 Å². The molecule has 1 aliphatic rings. The van der Waals surface area contributed by atoms with Crippen molar-refractivity contribution in [3.05, 3.63) is 51.5 Å². The van der Waals surface area contributed by atoms with Crippen molar-refractivity contribution in [1.82, 2.24) is 14.7 Å². The van der Waals surface area contributed by atoms with E-state index in [0.29, 0.717) is 23.4 Å². The summed E-state index contributed by atoms with van der Waals surface area (Å²) in [5.41, 5.74) is 2.07. The van der Waals surface area contributed by atoms with Crippen LogP contribution in [0.15, 0.2) is 38.6 Å². The molecule has 0 bridgehead atoms. The number of nitrogens with zero attached hydrogens (tertiary/aromatic N) is 3. The highest BCUT2D eigenvalue weighted by Gasteiger charge is 2.28. The van der Waals surface area contributed by atoms with E-state index in [1.54, 1.807) is 22.0 Å². The van der Waals surface area contributed by atoms with Crippen LogP contribution < -0.4 is 5.56 Å². The number of fused-ring (bicyclic) bond motifs is 1. The molecule has 24 heavy (non-hydrogen) atoms. The van der Waals surface area contributed by atoms with Crippen molar-refractivity contribution in [2.75, 3.05) is 0 Å². The quantitative estimate of drug-likeness (QED) is 0.376. The summed E-state index contributed by atoms with van der Waals surface area (Å²) in [6, 6.07) is 1.90. The third kappa shape index (κ3) is 2.82. The standard InChI is InChI=1S/C17H17N3O2S2/c1-3-6-20-16(21)14-13(11-4-5-11)9-23-15(14)18-17(20)24-8-12-7-10(2)19-22-12/h3,7,9,11H,1,4-6,8H2,2H3. The molecule has 0 unspecified atom stereocenters. The molecule has 0 amide bonds. The van der Waals surface area contributed by atoms with Gasteiger partial charge in [0.15, 0.2) is 5.16 Å². The smallest absolute Gasteiger partial charge is 0.263 e. The number of rotatable bonds is 6. The average Bonchev–Trinajstić information content (AvgIpc) is 3.19. The molecule has 0 N–H and O–H groups in total. The molecular formula is C17H17N3O2S2. The van der Waals surface area contributed by atoms with E-state index >= 15 is 0 Å². The van der Waals surface area contributed by atoms with Crippen LogP contribution >= 0.6 is 23.1 Å². The highest BCUT2D eigenvalue weighted by molar-refractivity contribution is 7.98. The number of hydrogen-bond acceptors (Lipinski definition) is 6. The van der Waals surface area contributed by atoms with Gasteiger partial charge >= 0.3 is 0 Å². The van der Waals surface area contributed by atoms with Gasteiger partial charge in [-0.15, -0.1) is 17.9 Å². The fraction of sp³-hybridized carbons (Fsp3) is 0.353. The molecule has 0 aromatic carbocycles. The summed E-state index contributed by atoms with van der Waals surface area (Å²) in [6.45, 7) is 6.12. The Hall–Kier alpha value is -1.86. The van der Waals surface area contributed by atoms with Crippen LogP contribution in [0, 0.1) is 6.92 Å². The van der Waals surface area contributed by atoms with Gasteiger partial charge in [0.1, 0.15) is 10.6 Å². The minimum atomic E-state index is 0.0410. The second kappa shape index (κ2) is 6.22. The highest BCUT2D eigenvalue weighted by atomic mass is 32.2. The fourth-order valence-corrected chi connectivity index (χ4v) is 4.69. The zero-order valence-electron chi connectivity index (χ0n) is 13.3. The van der Waals surface area contributed by atoms with Crippen LogP contribution in [0.3, 0.4) is 0 Å². The Labute approximate surface area is 147 Å². The summed E-state index contributed by atoms with van der Waals surface area (Å²) in [5.74, 6) is 1.92. The normalized spacial score (nSPS) is 14.4. The monoisotopic (exact) mass is 359 g/mol. The van der Waals surface area contributed by atoms with Gasteiger partial charge in [0.2, 0.25) is 0 Å². The molecule has 3 aromatic rings. The molecule has 1 fully saturated rings. The lowest BCUT2D eigenvalue weighted by molar-refractivity contribution is 0.391. The van der Waals surface area contributed by atoms with Crippen LogP contribution in [-0.4, -0.2) is 14.7 Å². The number of aryl methyl sites for hydroxylation is 1. The van der Waals surface area contributed by atoms with Gasteiger partial charge in [-0.2, -0.15) is 0 Å². The maximum absolute atomic E-state index is 13.0. The van der Waals surface area contributed by atoms with Gasteiger partial charge in [0, 0.05) is 12.6 Å². The first-order valence-corrected chi connectivity index (χ1v) is 9.71. The van der Waals surface area contributed by atoms with Gasteiger partial charge in [-0.3, -0.25) is 9.36 Å². The molecule has 3 heterocycles. The van der Waals surface area contributed by atoms with Crippen molar-refractivity contribution in [3.63, 3.8) is 0 Å². The van der Waals surface area contributed by atoms with E-state index in [9.17, 15) is 4.79 Å². The molecule has 1 aliphatic carbocycles. The summed E-state index contributed by atoms with van der Waals surface area (Å²) in [7, 11) is 0. The Morgan fingerprint density at radius 2 is 2.38 bits per heavy atom. The molecule has 5 nitrogen and oxygen atoms in total. The lowest BCUT2D eigenvalue weighted by atomic mass is 10.1. The van der Waals surface area contributed by atoms with Crippen LogP contribution in [0.4, 0.5) is 0 Å². The zero-order chi connectivity index (χ0) is 16.7. The van der Waals surface area contributed by atoms with Gasteiger partial charge in [-0.25, -0.2) is 4.98 Å². The first-order chi connectivity index (χ1) is 11.7. The third-order valence-electron chi connectivity index (χ3n) is 4.04. The second-order valence-electron chi connectivity index (χ2n) is 5.97. The number of aromatic nitrogens is 3. The Bertz CT molecular complexity index is 966. The minimum Gasteiger partial charge on any atom is -0.360 e. The largest absolute Gasteiger partial charge is 0.360 e. The summed E-state index contributed by atoms with van der Waals surface area (Å²) in [5, 5.41) is 7.49. The molecule has 0 atom stereocenters. The maximum Gasteiger partial charge on any atom is 0.263 e. The van der Waals surface area contributed by atoms with Crippen LogP contribution in [-0.2, 0) is 12.3 Å². The van der Waals surface area contributed by atoms with Crippen molar-refractivity contribution in [2.45, 2.75) is 43.1 Å². The Kier molecular flexibility index (Phi) is 4.05. The predicted molar refractivity (Wildman–Crippen MR) is 96.9 cm³/mol. The molecule has 4 rings (SSSR count). The molecule has 0 radical (unpaired) electrons. The fourth-order valence-electron chi connectivity index (χ4n) is 2.74. The van der Waals surface area contributed by atoms with E-state index in [2.05, 4.69) is 17.1 Å².